The summed E-state index contributed by atoms with van der Waals surface area (Å²) >= 11 is 0. The van der Waals surface area contributed by atoms with Gasteiger partial charge in [0.2, 0.25) is 5.91 Å². The molecule has 2 amide bonds. The quantitative estimate of drug-likeness (QED) is 0.616. The Morgan fingerprint density at radius 1 is 0.839 bits per heavy atom. The van der Waals surface area contributed by atoms with Crippen LogP contribution in [0.3, 0.4) is 0 Å². The average molecular weight is 421 g/mol. The molecule has 0 saturated heterocycles. The largest absolute Gasteiger partial charge is 0.442 e. The lowest BCUT2D eigenvalue weighted by Gasteiger charge is -2.27. The predicted octanol–water partition coefficient (Wildman–Crippen LogP) is 5.03. The normalized spacial score (nSPS) is 19.5. The van der Waals surface area contributed by atoms with Crippen LogP contribution in [-0.4, -0.2) is 42.0 Å². The minimum atomic E-state index is -0.344. The molecular weight excluding hydrogens is 388 g/mol. The van der Waals surface area contributed by atoms with Gasteiger partial charge in [0.05, 0.1) is 0 Å². The smallest absolute Gasteiger partial charge is 0.410 e. The van der Waals surface area contributed by atoms with E-state index in [9.17, 15) is 9.59 Å². The van der Waals surface area contributed by atoms with E-state index < -0.39 is 0 Å². The first-order chi connectivity index (χ1) is 15.0. The van der Waals surface area contributed by atoms with E-state index in [-0.39, 0.29) is 24.0 Å². The number of hydrogen-bond donors (Lipinski definition) is 0. The molecule has 0 radical (unpaired) electrons. The maximum atomic E-state index is 13.0. The van der Waals surface area contributed by atoms with Crippen LogP contribution in [0.1, 0.15) is 36.8 Å². The fourth-order valence-electron chi connectivity index (χ4n) is 3.88. The van der Waals surface area contributed by atoms with Crippen LogP contribution < -0.4 is 0 Å². The van der Waals surface area contributed by atoms with Gasteiger partial charge in [0, 0.05) is 33.1 Å². The average Bonchev–Trinajstić information content (AvgIpc) is 2.76. The van der Waals surface area contributed by atoms with E-state index in [0.717, 1.165) is 24.0 Å². The number of benzene rings is 2. The Morgan fingerprint density at radius 2 is 1.42 bits per heavy atom. The van der Waals surface area contributed by atoms with Gasteiger partial charge in [-0.2, -0.15) is 0 Å². The maximum Gasteiger partial charge on any atom is 0.410 e. The Labute approximate surface area is 185 Å². The summed E-state index contributed by atoms with van der Waals surface area (Å²) in [6, 6.07) is 19.9. The van der Waals surface area contributed by atoms with Gasteiger partial charge in [0.1, 0.15) is 6.10 Å². The molecule has 2 aromatic rings. The molecule has 0 N–H and O–H groups in total. The van der Waals surface area contributed by atoms with Crippen molar-refractivity contribution in [3.8, 4) is 0 Å². The van der Waals surface area contributed by atoms with Gasteiger partial charge in [-0.3, -0.25) is 4.79 Å². The highest BCUT2D eigenvalue weighted by Gasteiger charge is 2.25. The Morgan fingerprint density at radius 3 is 2.03 bits per heavy atom. The van der Waals surface area contributed by atoms with Crippen molar-refractivity contribution in [2.24, 2.45) is 5.92 Å². The van der Waals surface area contributed by atoms with Gasteiger partial charge in [-0.25, -0.2) is 4.79 Å². The number of hydrogen-bond acceptors (Lipinski definition) is 3. The molecule has 3 rings (SSSR count). The van der Waals surface area contributed by atoms with Crippen LogP contribution >= 0.6 is 0 Å². The summed E-state index contributed by atoms with van der Waals surface area (Å²) in [5, 5.41) is 0. The van der Waals surface area contributed by atoms with Gasteiger partial charge in [-0.1, -0.05) is 66.7 Å². The second-order valence-electron chi connectivity index (χ2n) is 8.22. The Kier molecular flexibility index (Phi) is 8.27. The predicted molar refractivity (Wildman–Crippen MR) is 122 cm³/mol. The molecule has 164 valence electrons. The molecule has 0 heterocycles. The molecule has 2 atom stereocenters. The van der Waals surface area contributed by atoms with Crippen molar-refractivity contribution < 1.29 is 14.3 Å². The van der Waals surface area contributed by atoms with Crippen molar-refractivity contribution in [3.63, 3.8) is 0 Å². The van der Waals surface area contributed by atoms with Gasteiger partial charge in [0.25, 0.3) is 0 Å². The van der Waals surface area contributed by atoms with Gasteiger partial charge >= 0.3 is 6.09 Å². The summed E-state index contributed by atoms with van der Waals surface area (Å²) < 4.78 is 5.72. The van der Waals surface area contributed by atoms with Crippen LogP contribution in [0.2, 0.25) is 0 Å². The number of carbonyl (C=O) groups excluding carboxylic acids is 2. The van der Waals surface area contributed by atoms with E-state index in [0.29, 0.717) is 25.9 Å². The molecule has 1 aliphatic carbocycles. The molecule has 0 spiro atoms. The minimum absolute atomic E-state index is 0.0538. The minimum Gasteiger partial charge on any atom is -0.442 e. The Balaban J connectivity index is 1.51. The van der Waals surface area contributed by atoms with E-state index in [4.69, 9.17) is 4.74 Å². The van der Waals surface area contributed by atoms with Gasteiger partial charge in [0.15, 0.2) is 0 Å². The molecule has 31 heavy (non-hydrogen) atoms. The maximum absolute atomic E-state index is 13.0. The molecule has 5 heteroatoms. The molecule has 0 unspecified atom stereocenters. The fraction of sp³-hybridized carbons (Fsp3) is 0.385. The number of carbonyl (C=O) groups is 2. The molecule has 0 bridgehead atoms. The number of ether oxygens (including phenoxy) is 1. The van der Waals surface area contributed by atoms with Crippen molar-refractivity contribution in [2.45, 2.75) is 44.9 Å². The molecule has 0 aliphatic heterocycles. The Hall–Kier alpha value is -3.08. The zero-order valence-corrected chi connectivity index (χ0v) is 18.4. The third-order valence-electron chi connectivity index (χ3n) is 5.65. The molecule has 0 fully saturated rings. The van der Waals surface area contributed by atoms with E-state index >= 15 is 0 Å². The van der Waals surface area contributed by atoms with Crippen molar-refractivity contribution >= 4 is 12.0 Å². The first-order valence-electron chi connectivity index (χ1n) is 10.9. The summed E-state index contributed by atoms with van der Waals surface area (Å²) in [7, 11) is 3.60. The summed E-state index contributed by atoms with van der Waals surface area (Å²) in [6.07, 6.45) is 6.34. The third kappa shape index (κ3) is 6.99. The van der Waals surface area contributed by atoms with Crippen LogP contribution in [-0.2, 0) is 22.6 Å². The second kappa shape index (κ2) is 11.3. The van der Waals surface area contributed by atoms with E-state index in [1.165, 1.54) is 0 Å². The monoisotopic (exact) mass is 420 g/mol. The van der Waals surface area contributed by atoms with Crippen molar-refractivity contribution in [1.82, 2.24) is 9.80 Å². The number of nitrogens with zero attached hydrogens (tertiary/aromatic N) is 2. The van der Waals surface area contributed by atoms with E-state index in [2.05, 4.69) is 0 Å². The zero-order valence-electron chi connectivity index (χ0n) is 18.4. The molecule has 5 nitrogen and oxygen atoms in total. The van der Waals surface area contributed by atoms with Crippen LogP contribution in [0.15, 0.2) is 72.8 Å². The third-order valence-corrected chi connectivity index (χ3v) is 5.65. The SMILES string of the molecule is CN(Cc1ccccc1)C(=O)O[C@@H]1/C=C/CC[C@H](C(=O)N(C)Cc2ccccc2)CC1. The lowest BCUT2D eigenvalue weighted by Crippen LogP contribution is -2.34. The highest BCUT2D eigenvalue weighted by atomic mass is 16.6. The lowest BCUT2D eigenvalue weighted by atomic mass is 9.92. The van der Waals surface area contributed by atoms with Crippen molar-refractivity contribution in [1.29, 1.82) is 0 Å². The summed E-state index contributed by atoms with van der Waals surface area (Å²) in [6.45, 7) is 1.11. The fourth-order valence-corrected chi connectivity index (χ4v) is 3.88. The standard InChI is InChI=1S/C26H32N2O3/c1-27(19-21-11-5-3-6-12-21)25(29)23-15-9-10-16-24(18-17-23)31-26(30)28(2)20-22-13-7-4-8-14-22/h3-8,10-14,16,23-24H,9,15,17-20H2,1-2H3/b16-10+/t23-,24+/m0/s1. The molecule has 2 aromatic carbocycles. The van der Waals surface area contributed by atoms with Crippen molar-refractivity contribution in [3.05, 3.63) is 83.9 Å². The van der Waals surface area contributed by atoms with Gasteiger partial charge in [-0.15, -0.1) is 0 Å². The first kappa shape index (κ1) is 22.6. The first-order valence-corrected chi connectivity index (χ1v) is 10.9. The molecule has 1 aliphatic rings. The topological polar surface area (TPSA) is 49.9 Å². The summed E-state index contributed by atoms with van der Waals surface area (Å²) in [5.74, 6) is 0.104. The highest BCUT2D eigenvalue weighted by molar-refractivity contribution is 5.78. The van der Waals surface area contributed by atoms with Crippen LogP contribution in [0, 0.1) is 5.92 Å². The van der Waals surface area contributed by atoms with E-state index in [1.54, 1.807) is 16.8 Å². The van der Waals surface area contributed by atoms with Crippen molar-refractivity contribution in [2.75, 3.05) is 14.1 Å². The number of rotatable bonds is 6. The van der Waals surface area contributed by atoms with Gasteiger partial charge < -0.3 is 14.5 Å². The van der Waals surface area contributed by atoms with Gasteiger partial charge in [-0.05, 0) is 42.9 Å². The van der Waals surface area contributed by atoms with Crippen LogP contribution in [0.25, 0.3) is 0 Å². The number of allylic oxidation sites excluding steroid dienone is 1. The molecule has 0 saturated carbocycles. The Bertz CT molecular complexity index is 867. The lowest BCUT2D eigenvalue weighted by molar-refractivity contribution is -0.135. The van der Waals surface area contributed by atoms with Crippen LogP contribution in [0.4, 0.5) is 4.79 Å². The molecule has 0 aromatic heterocycles. The molecular formula is C26H32N2O3. The van der Waals surface area contributed by atoms with Crippen LogP contribution in [0.5, 0.6) is 0 Å². The summed E-state index contributed by atoms with van der Waals surface area (Å²) in [5.41, 5.74) is 2.18. The highest BCUT2D eigenvalue weighted by Crippen LogP contribution is 2.23. The zero-order chi connectivity index (χ0) is 22.1. The number of amides is 2. The summed E-state index contributed by atoms with van der Waals surface area (Å²) in [4.78, 5) is 28.9. The second-order valence-corrected chi connectivity index (χ2v) is 8.22. The van der Waals surface area contributed by atoms with E-state index in [1.807, 2.05) is 79.9 Å².